The van der Waals surface area contributed by atoms with Gasteiger partial charge in [-0.2, -0.15) is 8.42 Å². The normalized spacial score (nSPS) is 14.6. The van der Waals surface area contributed by atoms with Gasteiger partial charge in [0.1, 0.15) is 0 Å². The molecule has 0 saturated heterocycles. The standard InChI is InChI=1S/C20H42O4S/c1-3-5-11-15-19(21)16-13-9-7-8-10-14-18-20(25(22,23)24)17-12-6-4-2/h19-21H,3-18H2,1-2H3,(H,22,23,24). The summed E-state index contributed by atoms with van der Waals surface area (Å²) in [6.07, 6.45) is 15.8. The van der Waals surface area contributed by atoms with Crippen LogP contribution in [0.1, 0.15) is 117 Å². The molecule has 152 valence electrons. The lowest BCUT2D eigenvalue weighted by molar-refractivity contribution is 0.147. The summed E-state index contributed by atoms with van der Waals surface area (Å²) >= 11 is 0. The summed E-state index contributed by atoms with van der Waals surface area (Å²) in [5, 5.41) is 9.29. The highest BCUT2D eigenvalue weighted by Crippen LogP contribution is 2.19. The van der Waals surface area contributed by atoms with E-state index >= 15 is 0 Å². The first kappa shape index (κ1) is 24.9. The summed E-state index contributed by atoms with van der Waals surface area (Å²) in [7, 11) is -3.89. The fraction of sp³-hybridized carbons (Fsp3) is 1.00. The largest absolute Gasteiger partial charge is 0.393 e. The van der Waals surface area contributed by atoms with Crippen molar-refractivity contribution in [3.63, 3.8) is 0 Å². The van der Waals surface area contributed by atoms with Crippen LogP contribution >= 0.6 is 0 Å². The maximum atomic E-state index is 11.4. The lowest BCUT2D eigenvalue weighted by atomic mass is 10.0. The van der Waals surface area contributed by atoms with Crippen molar-refractivity contribution in [3.05, 3.63) is 0 Å². The van der Waals surface area contributed by atoms with Crippen LogP contribution in [0.4, 0.5) is 0 Å². The molecule has 0 aromatic carbocycles. The Morgan fingerprint density at radius 3 is 1.44 bits per heavy atom. The van der Waals surface area contributed by atoms with Gasteiger partial charge in [-0.1, -0.05) is 90.9 Å². The number of hydrogen-bond donors (Lipinski definition) is 2. The molecular formula is C20H42O4S. The molecule has 4 nitrogen and oxygen atoms in total. The maximum Gasteiger partial charge on any atom is 0.267 e. The molecule has 0 radical (unpaired) electrons. The number of aliphatic hydroxyl groups is 1. The van der Waals surface area contributed by atoms with Crippen LogP contribution in [0.2, 0.25) is 0 Å². The first-order valence-electron chi connectivity index (χ1n) is 10.6. The smallest absolute Gasteiger partial charge is 0.267 e. The lowest BCUT2D eigenvalue weighted by Crippen LogP contribution is -2.20. The van der Waals surface area contributed by atoms with E-state index in [4.69, 9.17) is 0 Å². The Morgan fingerprint density at radius 1 is 0.640 bits per heavy atom. The number of aliphatic hydroxyl groups excluding tert-OH is 1. The van der Waals surface area contributed by atoms with Crippen LogP contribution < -0.4 is 0 Å². The van der Waals surface area contributed by atoms with Crippen LogP contribution in [0.25, 0.3) is 0 Å². The zero-order chi connectivity index (χ0) is 19.0. The van der Waals surface area contributed by atoms with Gasteiger partial charge in [-0.15, -0.1) is 0 Å². The molecule has 0 aliphatic carbocycles. The molecule has 0 fully saturated rings. The Morgan fingerprint density at radius 2 is 1.00 bits per heavy atom. The van der Waals surface area contributed by atoms with Crippen LogP contribution in [0.3, 0.4) is 0 Å². The zero-order valence-corrected chi connectivity index (χ0v) is 17.4. The molecular weight excluding hydrogens is 336 g/mol. The van der Waals surface area contributed by atoms with Crippen molar-refractivity contribution in [2.75, 3.05) is 0 Å². The van der Waals surface area contributed by atoms with Crippen LogP contribution in [0, 0.1) is 0 Å². The monoisotopic (exact) mass is 378 g/mol. The zero-order valence-electron chi connectivity index (χ0n) is 16.6. The molecule has 0 amide bonds. The Balaban J connectivity index is 3.62. The highest BCUT2D eigenvalue weighted by molar-refractivity contribution is 7.86. The molecule has 0 bridgehead atoms. The molecule has 0 aliphatic heterocycles. The molecule has 0 saturated carbocycles. The lowest BCUT2D eigenvalue weighted by Gasteiger charge is -2.13. The molecule has 5 heteroatoms. The molecule has 2 unspecified atom stereocenters. The van der Waals surface area contributed by atoms with Gasteiger partial charge in [0.25, 0.3) is 10.1 Å². The van der Waals surface area contributed by atoms with E-state index in [-0.39, 0.29) is 6.10 Å². The molecule has 2 atom stereocenters. The minimum atomic E-state index is -3.89. The van der Waals surface area contributed by atoms with E-state index in [9.17, 15) is 18.1 Å². The minimum absolute atomic E-state index is 0.134. The van der Waals surface area contributed by atoms with Crippen molar-refractivity contribution in [2.45, 2.75) is 128 Å². The molecule has 0 spiro atoms. The van der Waals surface area contributed by atoms with Gasteiger partial charge in [0.15, 0.2) is 0 Å². The summed E-state index contributed by atoms with van der Waals surface area (Å²) in [5.74, 6) is 0. The minimum Gasteiger partial charge on any atom is -0.393 e. The van der Waals surface area contributed by atoms with E-state index in [1.807, 2.05) is 0 Å². The number of unbranched alkanes of at least 4 members (excludes halogenated alkanes) is 9. The van der Waals surface area contributed by atoms with Crippen LogP contribution in [0.15, 0.2) is 0 Å². The predicted octanol–water partition coefficient (Wildman–Crippen LogP) is 5.89. The topological polar surface area (TPSA) is 74.6 Å². The second kappa shape index (κ2) is 16.1. The molecule has 0 aromatic rings. The highest BCUT2D eigenvalue weighted by Gasteiger charge is 2.21. The van der Waals surface area contributed by atoms with Crippen LogP contribution in [-0.4, -0.2) is 29.4 Å². The van der Waals surface area contributed by atoms with E-state index in [2.05, 4.69) is 13.8 Å². The summed E-state index contributed by atoms with van der Waals surface area (Å²) in [6.45, 7) is 4.27. The van der Waals surface area contributed by atoms with E-state index in [1.165, 1.54) is 12.8 Å². The highest BCUT2D eigenvalue weighted by atomic mass is 32.2. The van der Waals surface area contributed by atoms with Crippen molar-refractivity contribution in [2.24, 2.45) is 0 Å². The number of hydrogen-bond acceptors (Lipinski definition) is 3. The van der Waals surface area contributed by atoms with Crippen molar-refractivity contribution >= 4 is 10.1 Å². The molecule has 0 heterocycles. The molecule has 0 aliphatic rings. The third-order valence-corrected chi connectivity index (χ3v) is 6.32. The van der Waals surface area contributed by atoms with E-state index in [1.54, 1.807) is 0 Å². The SMILES string of the molecule is CCCCCC(O)CCCCCCCCC(CCCCC)S(=O)(=O)O. The fourth-order valence-corrected chi connectivity index (χ4v) is 4.23. The van der Waals surface area contributed by atoms with Gasteiger partial charge < -0.3 is 5.11 Å². The predicted molar refractivity (Wildman–Crippen MR) is 107 cm³/mol. The molecule has 2 N–H and O–H groups in total. The Labute approximate surface area is 156 Å². The van der Waals surface area contributed by atoms with Gasteiger partial charge >= 0.3 is 0 Å². The first-order chi connectivity index (χ1) is 11.9. The first-order valence-corrected chi connectivity index (χ1v) is 12.1. The Bertz CT molecular complexity index is 381. The Hall–Kier alpha value is -0.130. The summed E-state index contributed by atoms with van der Waals surface area (Å²) in [5.41, 5.74) is 0. The third-order valence-electron chi connectivity index (χ3n) is 5.01. The molecule has 0 rings (SSSR count). The molecule has 0 aromatic heterocycles. The van der Waals surface area contributed by atoms with Gasteiger partial charge in [-0.05, 0) is 25.7 Å². The second-order valence-corrected chi connectivity index (χ2v) is 9.18. The Kier molecular flexibility index (Phi) is 16.0. The second-order valence-electron chi connectivity index (χ2n) is 7.48. The van der Waals surface area contributed by atoms with Gasteiger partial charge in [-0.25, -0.2) is 0 Å². The fourth-order valence-electron chi connectivity index (χ4n) is 3.30. The van der Waals surface area contributed by atoms with Gasteiger partial charge in [0.2, 0.25) is 0 Å². The summed E-state index contributed by atoms with van der Waals surface area (Å²) in [6, 6.07) is 0. The van der Waals surface area contributed by atoms with E-state index in [0.29, 0.717) is 12.8 Å². The van der Waals surface area contributed by atoms with Crippen molar-refractivity contribution in [1.82, 2.24) is 0 Å². The summed E-state index contributed by atoms with van der Waals surface area (Å²) < 4.78 is 32.2. The van der Waals surface area contributed by atoms with Gasteiger partial charge in [0, 0.05) is 0 Å². The van der Waals surface area contributed by atoms with Crippen LogP contribution in [-0.2, 0) is 10.1 Å². The maximum absolute atomic E-state index is 11.4. The van der Waals surface area contributed by atoms with E-state index < -0.39 is 15.4 Å². The quantitative estimate of drug-likeness (QED) is 0.230. The van der Waals surface area contributed by atoms with Gasteiger partial charge in [0.05, 0.1) is 11.4 Å². The average molecular weight is 379 g/mol. The van der Waals surface area contributed by atoms with Gasteiger partial charge in [-0.3, -0.25) is 4.55 Å². The number of rotatable bonds is 18. The van der Waals surface area contributed by atoms with Crippen molar-refractivity contribution in [1.29, 1.82) is 0 Å². The van der Waals surface area contributed by atoms with Crippen molar-refractivity contribution < 1.29 is 18.1 Å². The van der Waals surface area contributed by atoms with Crippen LogP contribution in [0.5, 0.6) is 0 Å². The summed E-state index contributed by atoms with van der Waals surface area (Å²) in [4.78, 5) is 0. The van der Waals surface area contributed by atoms with Crippen molar-refractivity contribution in [3.8, 4) is 0 Å². The third kappa shape index (κ3) is 15.8. The molecule has 25 heavy (non-hydrogen) atoms. The van der Waals surface area contributed by atoms with E-state index in [0.717, 1.165) is 77.0 Å². The average Bonchev–Trinajstić information content (AvgIpc) is 2.54.